The smallest absolute Gasteiger partial charge is 0.231 e. The van der Waals surface area contributed by atoms with Crippen LogP contribution < -0.4 is 15.4 Å². The van der Waals surface area contributed by atoms with Crippen LogP contribution in [-0.2, 0) is 11.3 Å². The van der Waals surface area contributed by atoms with E-state index < -0.39 is 0 Å². The molecule has 11 nitrogen and oxygen atoms in total. The van der Waals surface area contributed by atoms with Gasteiger partial charge in [0.05, 0.1) is 19.2 Å². The molecule has 1 aliphatic rings. The average Bonchev–Trinajstić information content (AvgIpc) is 3.73. The van der Waals surface area contributed by atoms with Gasteiger partial charge in [-0.1, -0.05) is 18.2 Å². The van der Waals surface area contributed by atoms with Gasteiger partial charge in [-0.15, -0.1) is 0 Å². The van der Waals surface area contributed by atoms with Gasteiger partial charge in [-0.25, -0.2) is 9.97 Å². The highest BCUT2D eigenvalue weighted by Crippen LogP contribution is 2.24. The van der Waals surface area contributed by atoms with Crippen LogP contribution >= 0.6 is 0 Å². The number of fused-ring (bicyclic) bond motifs is 1. The second-order valence-corrected chi connectivity index (χ2v) is 9.22. The first-order valence-corrected chi connectivity index (χ1v) is 13.0. The highest BCUT2D eigenvalue weighted by Gasteiger charge is 2.20. The third-order valence-corrected chi connectivity index (χ3v) is 6.58. The van der Waals surface area contributed by atoms with E-state index in [9.17, 15) is 4.79 Å². The molecule has 1 saturated heterocycles. The van der Waals surface area contributed by atoms with E-state index in [0.717, 1.165) is 30.1 Å². The fourth-order valence-electron chi connectivity index (χ4n) is 4.57. The number of hydrogen-bond acceptors (Lipinski definition) is 8. The Hall–Kier alpha value is -4.93. The molecular weight excluding hydrogens is 494 g/mol. The lowest BCUT2D eigenvalue weighted by Gasteiger charge is -2.16. The van der Waals surface area contributed by atoms with Crippen molar-refractivity contribution in [3.05, 3.63) is 79.6 Å². The van der Waals surface area contributed by atoms with Crippen molar-refractivity contribution in [2.45, 2.75) is 19.4 Å². The Morgan fingerprint density at radius 2 is 1.85 bits per heavy atom. The molecule has 1 aliphatic heterocycles. The highest BCUT2D eigenvalue weighted by atomic mass is 16.5. The summed E-state index contributed by atoms with van der Waals surface area (Å²) in [4.78, 5) is 32.2. The fourth-order valence-corrected chi connectivity index (χ4v) is 4.57. The van der Waals surface area contributed by atoms with Crippen LogP contribution in [0, 0.1) is 0 Å². The molecule has 4 heterocycles. The van der Waals surface area contributed by atoms with E-state index in [4.69, 9.17) is 14.7 Å². The Bertz CT molecular complexity index is 1530. The first-order chi connectivity index (χ1) is 19.2. The largest absolute Gasteiger partial charge is 0.492 e. The quantitative estimate of drug-likeness (QED) is 0.251. The number of imidazole rings is 2. The Balaban J connectivity index is 1.22. The highest BCUT2D eigenvalue weighted by molar-refractivity contribution is 5.85. The summed E-state index contributed by atoms with van der Waals surface area (Å²) in [7, 11) is 0. The number of hydrogen-bond donors (Lipinski definition) is 2. The van der Waals surface area contributed by atoms with E-state index >= 15 is 0 Å². The first-order valence-electron chi connectivity index (χ1n) is 13.0. The molecule has 3 aromatic heterocycles. The van der Waals surface area contributed by atoms with Gasteiger partial charge in [-0.2, -0.15) is 9.97 Å². The zero-order chi connectivity index (χ0) is 26.4. The van der Waals surface area contributed by atoms with Crippen LogP contribution in [0.2, 0.25) is 0 Å². The van der Waals surface area contributed by atoms with Gasteiger partial charge in [0.25, 0.3) is 0 Å². The number of rotatable bonds is 11. The molecule has 0 aliphatic carbocycles. The molecule has 0 spiro atoms. The summed E-state index contributed by atoms with van der Waals surface area (Å²) in [6.07, 6.45) is 8.70. The van der Waals surface area contributed by atoms with E-state index in [1.807, 2.05) is 74.8 Å². The van der Waals surface area contributed by atoms with Crippen LogP contribution in [0.25, 0.3) is 16.9 Å². The summed E-state index contributed by atoms with van der Waals surface area (Å²) in [5.74, 6) is 2.08. The Morgan fingerprint density at radius 3 is 2.62 bits per heavy atom. The number of carbonyl (C=O) groups is 1. The molecule has 1 fully saturated rings. The van der Waals surface area contributed by atoms with Crippen molar-refractivity contribution in [3.63, 3.8) is 0 Å². The zero-order valence-corrected chi connectivity index (χ0v) is 21.4. The molecular formula is C28H29N9O2. The number of nitrogens with one attached hydrogen (secondary N) is 2. The third kappa shape index (κ3) is 5.66. The summed E-state index contributed by atoms with van der Waals surface area (Å²) in [6, 6.07) is 17.6. The number of amides is 1. The molecule has 6 rings (SSSR count). The van der Waals surface area contributed by atoms with E-state index in [1.165, 1.54) is 0 Å². The second-order valence-electron chi connectivity index (χ2n) is 9.22. The van der Waals surface area contributed by atoms with Crippen molar-refractivity contribution >= 4 is 34.5 Å². The van der Waals surface area contributed by atoms with Crippen molar-refractivity contribution in [1.29, 1.82) is 0 Å². The summed E-state index contributed by atoms with van der Waals surface area (Å²) in [5, 5.41) is 6.69. The average molecular weight is 524 g/mol. The monoisotopic (exact) mass is 523 g/mol. The number of ether oxygens (including phenoxy) is 1. The maximum atomic E-state index is 12.1. The summed E-state index contributed by atoms with van der Waals surface area (Å²) >= 11 is 0. The number of likely N-dealkylation sites (tertiary alicyclic amines) is 1. The lowest BCUT2D eigenvalue weighted by atomic mass is 10.3. The Morgan fingerprint density at radius 1 is 0.974 bits per heavy atom. The molecule has 198 valence electrons. The minimum absolute atomic E-state index is 0.205. The topological polar surface area (TPSA) is 115 Å². The molecule has 0 saturated carbocycles. The number of nitrogens with zero attached hydrogens (tertiary/aromatic N) is 7. The molecule has 5 aromatic rings. The molecule has 0 atom stereocenters. The molecule has 0 bridgehead atoms. The number of carbonyl (C=O) groups excluding carboxylic acids is 1. The van der Waals surface area contributed by atoms with Gasteiger partial charge in [0.2, 0.25) is 11.9 Å². The first kappa shape index (κ1) is 24.4. The van der Waals surface area contributed by atoms with Crippen molar-refractivity contribution in [2.24, 2.45) is 0 Å². The predicted molar refractivity (Wildman–Crippen MR) is 148 cm³/mol. The third-order valence-electron chi connectivity index (χ3n) is 6.58. The van der Waals surface area contributed by atoms with Crippen molar-refractivity contribution in [1.82, 2.24) is 34.0 Å². The SMILES string of the molecule is O=C1CCCN1CCn1cnc2c(NCCOc3ccccc3)nc(Nc3ccc(-n4ccnc4)cc3)nc21. The predicted octanol–water partition coefficient (Wildman–Crippen LogP) is 3.87. The second kappa shape index (κ2) is 11.2. The Labute approximate surface area is 225 Å². The maximum absolute atomic E-state index is 12.1. The number of aromatic nitrogens is 6. The van der Waals surface area contributed by atoms with Crippen molar-refractivity contribution in [2.75, 3.05) is 36.9 Å². The molecule has 2 aromatic carbocycles. The number of anilines is 3. The summed E-state index contributed by atoms with van der Waals surface area (Å²) in [5.41, 5.74) is 3.22. The molecule has 0 radical (unpaired) electrons. The molecule has 11 heteroatoms. The van der Waals surface area contributed by atoms with Gasteiger partial charge in [0.15, 0.2) is 17.0 Å². The van der Waals surface area contributed by atoms with Crippen LogP contribution in [-0.4, -0.2) is 66.1 Å². The van der Waals surface area contributed by atoms with Crippen LogP contribution in [0.5, 0.6) is 5.75 Å². The lowest BCUT2D eigenvalue weighted by molar-refractivity contribution is -0.127. The van der Waals surface area contributed by atoms with Crippen molar-refractivity contribution in [3.8, 4) is 11.4 Å². The molecule has 0 unspecified atom stereocenters. The van der Waals surface area contributed by atoms with Gasteiger partial charge < -0.3 is 29.4 Å². The van der Waals surface area contributed by atoms with Crippen LogP contribution in [0.3, 0.4) is 0 Å². The Kier molecular flexibility index (Phi) is 7.02. The summed E-state index contributed by atoms with van der Waals surface area (Å²) < 4.78 is 9.74. The van der Waals surface area contributed by atoms with Gasteiger partial charge in [-0.05, 0) is 42.8 Å². The van der Waals surface area contributed by atoms with Crippen LogP contribution in [0.4, 0.5) is 17.5 Å². The van der Waals surface area contributed by atoms with E-state index in [-0.39, 0.29) is 5.91 Å². The van der Waals surface area contributed by atoms with Crippen LogP contribution in [0.15, 0.2) is 79.6 Å². The van der Waals surface area contributed by atoms with E-state index in [0.29, 0.717) is 55.6 Å². The summed E-state index contributed by atoms with van der Waals surface area (Å²) in [6.45, 7) is 3.03. The molecule has 1 amide bonds. The van der Waals surface area contributed by atoms with Gasteiger partial charge in [0.1, 0.15) is 12.4 Å². The minimum Gasteiger partial charge on any atom is -0.492 e. The van der Waals surface area contributed by atoms with E-state index in [2.05, 4.69) is 20.6 Å². The molecule has 2 N–H and O–H groups in total. The van der Waals surface area contributed by atoms with Gasteiger partial charge >= 0.3 is 0 Å². The lowest BCUT2D eigenvalue weighted by Crippen LogP contribution is -2.28. The number of benzene rings is 2. The molecule has 39 heavy (non-hydrogen) atoms. The van der Waals surface area contributed by atoms with Crippen molar-refractivity contribution < 1.29 is 9.53 Å². The normalized spacial score (nSPS) is 13.2. The maximum Gasteiger partial charge on any atom is 0.231 e. The van der Waals surface area contributed by atoms with Gasteiger partial charge in [0, 0.05) is 49.8 Å². The fraction of sp³-hybridized carbons (Fsp3) is 0.250. The standard InChI is InChI=1S/C28H29N9O2/c38-24-7-4-14-35(24)16-17-37-20-31-25-26(30-13-18-39-23-5-2-1-3-6-23)33-28(34-27(25)37)32-21-8-10-22(11-9-21)36-15-12-29-19-36/h1-3,5-6,8-12,15,19-20H,4,7,13-14,16-18H2,(H2,30,32,33,34). The minimum atomic E-state index is 0.205. The van der Waals surface area contributed by atoms with Crippen LogP contribution in [0.1, 0.15) is 12.8 Å². The van der Waals surface area contributed by atoms with E-state index in [1.54, 1.807) is 18.9 Å². The number of para-hydroxylation sites is 1. The van der Waals surface area contributed by atoms with Gasteiger partial charge in [-0.3, -0.25) is 4.79 Å². The zero-order valence-electron chi connectivity index (χ0n) is 21.4.